The smallest absolute Gasteiger partial charge is 0.310 e. The molecule has 20 heavy (non-hydrogen) atoms. The van der Waals surface area contributed by atoms with E-state index in [1.165, 1.54) is 7.11 Å². The molecule has 0 amide bonds. The third kappa shape index (κ3) is 3.12. The maximum atomic E-state index is 11.7. The average Bonchev–Trinajstić information content (AvgIpc) is 2.81. The van der Waals surface area contributed by atoms with Gasteiger partial charge in [0.2, 0.25) is 0 Å². The van der Waals surface area contributed by atoms with E-state index in [1.54, 1.807) is 12.1 Å². The second-order valence-corrected chi connectivity index (χ2v) is 5.63. The zero-order valence-corrected chi connectivity index (χ0v) is 12.4. The van der Waals surface area contributed by atoms with E-state index >= 15 is 0 Å². The third-order valence-electron chi connectivity index (χ3n) is 3.77. The SMILES string of the molecule is COC(=O)C1CN(Cc2ccc(C#N)cc2Cl)CC1C. The van der Waals surface area contributed by atoms with E-state index in [4.69, 9.17) is 21.6 Å². The molecule has 4 nitrogen and oxygen atoms in total. The maximum absolute atomic E-state index is 11.7. The van der Waals surface area contributed by atoms with Gasteiger partial charge >= 0.3 is 5.97 Å². The lowest BCUT2D eigenvalue weighted by Gasteiger charge is -2.16. The molecule has 0 N–H and O–H groups in total. The van der Waals surface area contributed by atoms with Crippen molar-refractivity contribution < 1.29 is 9.53 Å². The fourth-order valence-electron chi connectivity index (χ4n) is 2.64. The van der Waals surface area contributed by atoms with Crippen molar-refractivity contribution in [3.05, 3.63) is 34.3 Å². The number of carbonyl (C=O) groups excluding carboxylic acids is 1. The second kappa shape index (κ2) is 6.25. The predicted molar refractivity (Wildman–Crippen MR) is 76.1 cm³/mol. The molecule has 1 aromatic rings. The van der Waals surface area contributed by atoms with Gasteiger partial charge in [-0.3, -0.25) is 9.69 Å². The topological polar surface area (TPSA) is 53.3 Å². The van der Waals surface area contributed by atoms with Crippen LogP contribution in [0.15, 0.2) is 18.2 Å². The van der Waals surface area contributed by atoms with Crippen LogP contribution in [0.25, 0.3) is 0 Å². The Kier molecular flexibility index (Phi) is 4.64. The summed E-state index contributed by atoms with van der Waals surface area (Å²) in [4.78, 5) is 13.9. The zero-order chi connectivity index (χ0) is 14.7. The molecule has 2 unspecified atom stereocenters. The molecule has 1 aliphatic rings. The summed E-state index contributed by atoms with van der Waals surface area (Å²) in [5, 5.41) is 9.42. The number of hydrogen-bond acceptors (Lipinski definition) is 4. The fourth-order valence-corrected chi connectivity index (χ4v) is 2.88. The number of nitrogens with zero attached hydrogens (tertiary/aromatic N) is 2. The number of benzene rings is 1. The van der Waals surface area contributed by atoms with Crippen molar-refractivity contribution in [3.8, 4) is 6.07 Å². The number of carbonyl (C=O) groups is 1. The van der Waals surface area contributed by atoms with E-state index in [0.29, 0.717) is 23.7 Å². The van der Waals surface area contributed by atoms with Gasteiger partial charge in [-0.05, 0) is 23.6 Å². The molecule has 0 aliphatic carbocycles. The molecule has 0 saturated carbocycles. The zero-order valence-electron chi connectivity index (χ0n) is 11.6. The van der Waals surface area contributed by atoms with Gasteiger partial charge in [-0.25, -0.2) is 0 Å². The Hall–Kier alpha value is -1.57. The highest BCUT2D eigenvalue weighted by Crippen LogP contribution is 2.27. The van der Waals surface area contributed by atoms with Gasteiger partial charge in [0.15, 0.2) is 0 Å². The molecule has 1 fully saturated rings. The van der Waals surface area contributed by atoms with Gasteiger partial charge in [0.05, 0.1) is 24.7 Å². The number of nitriles is 1. The highest BCUT2D eigenvalue weighted by atomic mass is 35.5. The molecular weight excluding hydrogens is 276 g/mol. The van der Waals surface area contributed by atoms with E-state index in [2.05, 4.69) is 17.9 Å². The van der Waals surface area contributed by atoms with Crippen molar-refractivity contribution in [3.63, 3.8) is 0 Å². The van der Waals surface area contributed by atoms with E-state index in [0.717, 1.165) is 12.1 Å². The number of esters is 1. The molecular formula is C15H17ClN2O2. The lowest BCUT2D eigenvalue weighted by Crippen LogP contribution is -2.24. The normalized spacial score (nSPS) is 22.5. The first-order valence-electron chi connectivity index (χ1n) is 6.54. The van der Waals surface area contributed by atoms with Crippen LogP contribution in [0.4, 0.5) is 0 Å². The summed E-state index contributed by atoms with van der Waals surface area (Å²) in [6.07, 6.45) is 0. The van der Waals surface area contributed by atoms with E-state index < -0.39 is 0 Å². The number of likely N-dealkylation sites (tertiary alicyclic amines) is 1. The van der Waals surface area contributed by atoms with Crippen LogP contribution >= 0.6 is 11.6 Å². The number of halogens is 1. The van der Waals surface area contributed by atoms with Crippen molar-refractivity contribution in [1.82, 2.24) is 4.90 Å². The van der Waals surface area contributed by atoms with Crippen LogP contribution < -0.4 is 0 Å². The summed E-state index contributed by atoms with van der Waals surface area (Å²) in [6.45, 7) is 4.27. The number of methoxy groups -OCH3 is 1. The molecule has 5 heteroatoms. The number of rotatable bonds is 3. The van der Waals surface area contributed by atoms with Crippen LogP contribution in [0, 0.1) is 23.2 Å². The van der Waals surface area contributed by atoms with E-state index in [1.807, 2.05) is 6.07 Å². The molecule has 0 bridgehead atoms. The van der Waals surface area contributed by atoms with Crippen molar-refractivity contribution in [1.29, 1.82) is 5.26 Å². The Morgan fingerprint density at radius 1 is 1.55 bits per heavy atom. The Morgan fingerprint density at radius 3 is 2.90 bits per heavy atom. The fraction of sp³-hybridized carbons (Fsp3) is 0.467. The van der Waals surface area contributed by atoms with Crippen molar-refractivity contribution in [2.75, 3.05) is 20.2 Å². The molecule has 1 aromatic carbocycles. The van der Waals surface area contributed by atoms with Crippen LogP contribution in [0.1, 0.15) is 18.1 Å². The van der Waals surface area contributed by atoms with Crippen LogP contribution in [-0.4, -0.2) is 31.1 Å². The molecule has 0 radical (unpaired) electrons. The Bertz CT molecular complexity index is 553. The van der Waals surface area contributed by atoms with Gasteiger partial charge < -0.3 is 4.74 Å². The summed E-state index contributed by atoms with van der Waals surface area (Å²) in [6, 6.07) is 7.38. The standard InChI is InChI=1S/C15H17ClN2O2/c1-10-7-18(9-13(10)15(19)20-2)8-12-4-3-11(6-17)5-14(12)16/h3-5,10,13H,7-9H2,1-2H3. The predicted octanol–water partition coefficient (Wildman–Crippen LogP) is 2.45. The van der Waals surface area contributed by atoms with Gasteiger partial charge in [-0.1, -0.05) is 24.6 Å². The first-order chi connectivity index (χ1) is 9.55. The van der Waals surface area contributed by atoms with Crippen LogP contribution in [0.2, 0.25) is 5.02 Å². The molecule has 2 rings (SSSR count). The molecule has 106 valence electrons. The Balaban J connectivity index is 2.05. The Labute approximate surface area is 123 Å². The minimum absolute atomic E-state index is 0.0721. The first-order valence-corrected chi connectivity index (χ1v) is 6.91. The van der Waals surface area contributed by atoms with Crippen molar-refractivity contribution >= 4 is 17.6 Å². The van der Waals surface area contributed by atoms with Gasteiger partial charge in [0.25, 0.3) is 0 Å². The second-order valence-electron chi connectivity index (χ2n) is 5.22. The lowest BCUT2D eigenvalue weighted by atomic mass is 9.99. The van der Waals surface area contributed by atoms with Gasteiger partial charge in [0.1, 0.15) is 0 Å². The first kappa shape index (κ1) is 14.8. The minimum Gasteiger partial charge on any atom is -0.469 e. The van der Waals surface area contributed by atoms with Crippen LogP contribution in [0.5, 0.6) is 0 Å². The maximum Gasteiger partial charge on any atom is 0.310 e. The third-order valence-corrected chi connectivity index (χ3v) is 4.12. The van der Waals surface area contributed by atoms with Gasteiger partial charge in [-0.15, -0.1) is 0 Å². The lowest BCUT2D eigenvalue weighted by molar-refractivity contribution is -0.146. The summed E-state index contributed by atoms with van der Waals surface area (Å²) in [5.74, 6) is 0.0580. The summed E-state index contributed by atoms with van der Waals surface area (Å²) in [5.41, 5.74) is 1.53. The summed E-state index contributed by atoms with van der Waals surface area (Å²) < 4.78 is 4.83. The summed E-state index contributed by atoms with van der Waals surface area (Å²) in [7, 11) is 1.43. The highest BCUT2D eigenvalue weighted by molar-refractivity contribution is 6.31. The molecule has 0 spiro atoms. The van der Waals surface area contributed by atoms with E-state index in [9.17, 15) is 4.79 Å². The quantitative estimate of drug-likeness (QED) is 0.803. The highest BCUT2D eigenvalue weighted by Gasteiger charge is 2.35. The monoisotopic (exact) mass is 292 g/mol. The number of ether oxygens (including phenoxy) is 1. The molecule has 1 aliphatic heterocycles. The minimum atomic E-state index is -0.147. The van der Waals surface area contributed by atoms with Gasteiger partial charge in [-0.2, -0.15) is 5.26 Å². The van der Waals surface area contributed by atoms with Crippen molar-refractivity contribution in [2.45, 2.75) is 13.5 Å². The largest absolute Gasteiger partial charge is 0.469 e. The van der Waals surface area contributed by atoms with Crippen LogP contribution in [-0.2, 0) is 16.1 Å². The van der Waals surface area contributed by atoms with E-state index in [-0.39, 0.29) is 17.8 Å². The molecule has 1 heterocycles. The van der Waals surface area contributed by atoms with Crippen LogP contribution in [0.3, 0.4) is 0 Å². The molecule has 1 saturated heterocycles. The van der Waals surface area contributed by atoms with Gasteiger partial charge in [0, 0.05) is 24.7 Å². The average molecular weight is 293 g/mol. The van der Waals surface area contributed by atoms with Crippen molar-refractivity contribution in [2.24, 2.45) is 11.8 Å². The molecule has 0 aromatic heterocycles. The Morgan fingerprint density at radius 2 is 2.30 bits per heavy atom. The number of hydrogen-bond donors (Lipinski definition) is 0. The summed E-state index contributed by atoms with van der Waals surface area (Å²) >= 11 is 6.18. The molecule has 2 atom stereocenters.